The number of rotatable bonds is 6. The van der Waals surface area contributed by atoms with Crippen molar-refractivity contribution in [3.8, 4) is 0 Å². The summed E-state index contributed by atoms with van der Waals surface area (Å²) in [5, 5.41) is 11.5. The molecule has 8 nitrogen and oxygen atoms in total. The van der Waals surface area contributed by atoms with Gasteiger partial charge in [-0.05, 0) is 31.7 Å². The summed E-state index contributed by atoms with van der Waals surface area (Å²) in [5.74, 6) is 3.52. The van der Waals surface area contributed by atoms with E-state index in [0.717, 1.165) is 56.0 Å². The van der Waals surface area contributed by atoms with Gasteiger partial charge in [0.1, 0.15) is 12.4 Å². The molecule has 1 aromatic heterocycles. The summed E-state index contributed by atoms with van der Waals surface area (Å²) in [6, 6.07) is 0.320. The van der Waals surface area contributed by atoms with Gasteiger partial charge in [0.05, 0.1) is 6.54 Å². The van der Waals surface area contributed by atoms with Crippen molar-refractivity contribution in [2.45, 2.75) is 51.8 Å². The Morgan fingerprint density at radius 1 is 1.35 bits per heavy atom. The van der Waals surface area contributed by atoms with Gasteiger partial charge in [0.15, 0.2) is 11.8 Å². The van der Waals surface area contributed by atoms with Gasteiger partial charge < -0.3 is 20.3 Å². The van der Waals surface area contributed by atoms with Gasteiger partial charge in [-0.25, -0.2) is 9.67 Å². The first kappa shape index (κ1) is 19.1. The van der Waals surface area contributed by atoms with Crippen LogP contribution in [0.15, 0.2) is 4.99 Å². The number of likely N-dealkylation sites (tertiary alicyclic amines) is 1. The third-order valence-electron chi connectivity index (χ3n) is 5.20. The zero-order valence-corrected chi connectivity index (χ0v) is 16.4. The maximum Gasteiger partial charge on any atom is 0.191 e. The van der Waals surface area contributed by atoms with Crippen molar-refractivity contribution in [3.05, 3.63) is 11.6 Å². The highest BCUT2D eigenvalue weighted by Crippen LogP contribution is 2.15. The Labute approximate surface area is 156 Å². The maximum absolute atomic E-state index is 5.13. The number of fused-ring (bicyclic) bond motifs is 1. The van der Waals surface area contributed by atoms with E-state index in [0.29, 0.717) is 12.6 Å². The second-order valence-corrected chi connectivity index (χ2v) is 7.49. The van der Waals surface area contributed by atoms with E-state index in [1.807, 2.05) is 11.7 Å². The first-order chi connectivity index (χ1) is 12.7. The van der Waals surface area contributed by atoms with Gasteiger partial charge in [-0.3, -0.25) is 4.99 Å². The van der Waals surface area contributed by atoms with Crippen molar-refractivity contribution in [1.82, 2.24) is 30.3 Å². The first-order valence-corrected chi connectivity index (χ1v) is 9.79. The number of aliphatic imine (C=N–C) groups is 1. The third kappa shape index (κ3) is 5.17. The number of ether oxygens (including phenoxy) is 1. The van der Waals surface area contributed by atoms with Crippen LogP contribution in [-0.4, -0.2) is 72.0 Å². The molecule has 2 aliphatic rings. The fraction of sp³-hybridized carbons (Fsp3) is 0.833. The molecule has 8 heteroatoms. The molecular weight excluding hydrogens is 330 g/mol. The average molecular weight is 364 g/mol. The van der Waals surface area contributed by atoms with Crippen LogP contribution in [0.5, 0.6) is 0 Å². The van der Waals surface area contributed by atoms with Crippen LogP contribution in [0.3, 0.4) is 0 Å². The highest BCUT2D eigenvalue weighted by molar-refractivity contribution is 5.79. The Kier molecular flexibility index (Phi) is 6.85. The summed E-state index contributed by atoms with van der Waals surface area (Å²) in [6.07, 6.45) is 4.65. The number of nitrogens with zero attached hydrogens (tertiary/aromatic N) is 5. The molecule has 26 heavy (non-hydrogen) atoms. The highest BCUT2D eigenvalue weighted by Gasteiger charge is 2.22. The van der Waals surface area contributed by atoms with E-state index in [2.05, 4.69) is 37.5 Å². The fourth-order valence-corrected chi connectivity index (χ4v) is 3.88. The highest BCUT2D eigenvalue weighted by atomic mass is 16.5. The molecule has 2 aliphatic heterocycles. The molecular formula is C18H33N7O. The van der Waals surface area contributed by atoms with Crippen molar-refractivity contribution in [1.29, 1.82) is 0 Å². The van der Waals surface area contributed by atoms with Crippen LogP contribution in [0.25, 0.3) is 0 Å². The van der Waals surface area contributed by atoms with Crippen LogP contribution in [0.4, 0.5) is 0 Å². The molecule has 0 saturated carbocycles. The number of aromatic nitrogens is 3. The van der Waals surface area contributed by atoms with E-state index in [1.165, 1.54) is 25.9 Å². The van der Waals surface area contributed by atoms with Crippen molar-refractivity contribution < 1.29 is 4.74 Å². The fourth-order valence-electron chi connectivity index (χ4n) is 3.88. The zero-order chi connectivity index (χ0) is 18.4. The number of guanidine groups is 1. The Morgan fingerprint density at radius 2 is 2.23 bits per heavy atom. The molecule has 1 saturated heterocycles. The number of piperidine rings is 1. The minimum atomic E-state index is 0.320. The Bertz CT molecular complexity index is 600. The second-order valence-electron chi connectivity index (χ2n) is 7.49. The van der Waals surface area contributed by atoms with Gasteiger partial charge >= 0.3 is 0 Å². The molecule has 0 bridgehead atoms. The van der Waals surface area contributed by atoms with Gasteiger partial charge in [0.25, 0.3) is 0 Å². The van der Waals surface area contributed by atoms with Crippen molar-refractivity contribution >= 4 is 5.96 Å². The minimum Gasteiger partial charge on any atom is -0.377 e. The normalized spacial score (nSPS) is 24.3. The van der Waals surface area contributed by atoms with Crippen LogP contribution in [-0.2, 0) is 24.3 Å². The van der Waals surface area contributed by atoms with Gasteiger partial charge in [-0.2, -0.15) is 5.10 Å². The van der Waals surface area contributed by atoms with Crippen LogP contribution < -0.4 is 10.6 Å². The quantitative estimate of drug-likeness (QED) is 0.570. The summed E-state index contributed by atoms with van der Waals surface area (Å²) in [4.78, 5) is 11.5. The molecule has 1 fully saturated rings. The van der Waals surface area contributed by atoms with Crippen molar-refractivity contribution in [2.75, 3.05) is 40.3 Å². The van der Waals surface area contributed by atoms with E-state index in [1.54, 1.807) is 7.11 Å². The molecule has 3 rings (SSSR count). The third-order valence-corrected chi connectivity index (χ3v) is 5.20. The second kappa shape index (κ2) is 9.32. The summed E-state index contributed by atoms with van der Waals surface area (Å²) >= 11 is 0. The maximum atomic E-state index is 5.13. The molecule has 0 spiro atoms. The predicted molar refractivity (Wildman–Crippen MR) is 102 cm³/mol. The lowest BCUT2D eigenvalue weighted by Crippen LogP contribution is -2.49. The summed E-state index contributed by atoms with van der Waals surface area (Å²) in [6.45, 7) is 8.07. The molecule has 3 heterocycles. The molecule has 1 aromatic rings. The van der Waals surface area contributed by atoms with Crippen LogP contribution in [0.2, 0.25) is 0 Å². The molecule has 0 radical (unpaired) electrons. The van der Waals surface area contributed by atoms with E-state index < -0.39 is 0 Å². The topological polar surface area (TPSA) is 79.6 Å². The molecule has 2 unspecified atom stereocenters. The van der Waals surface area contributed by atoms with Gasteiger partial charge in [-0.1, -0.05) is 6.92 Å². The molecule has 0 aliphatic carbocycles. The van der Waals surface area contributed by atoms with E-state index in [-0.39, 0.29) is 0 Å². The predicted octanol–water partition coefficient (Wildman–Crippen LogP) is 0.636. The number of hydrogen-bond donors (Lipinski definition) is 2. The lowest BCUT2D eigenvalue weighted by molar-refractivity contribution is 0.177. The van der Waals surface area contributed by atoms with E-state index in [4.69, 9.17) is 4.74 Å². The van der Waals surface area contributed by atoms with Crippen LogP contribution >= 0.6 is 0 Å². The minimum absolute atomic E-state index is 0.320. The van der Waals surface area contributed by atoms with Crippen molar-refractivity contribution in [3.63, 3.8) is 0 Å². The Morgan fingerprint density at radius 3 is 3.00 bits per heavy atom. The van der Waals surface area contributed by atoms with Gasteiger partial charge in [-0.15, -0.1) is 0 Å². The SMILES string of the molecule is CN=C(NCCN1CCCC(C)C1)NC1CCc2nc(COC)nn2C1. The average Bonchev–Trinajstić information content (AvgIpc) is 3.03. The smallest absolute Gasteiger partial charge is 0.191 e. The summed E-state index contributed by atoms with van der Waals surface area (Å²) in [5.41, 5.74) is 0. The largest absolute Gasteiger partial charge is 0.377 e. The van der Waals surface area contributed by atoms with Crippen molar-refractivity contribution in [2.24, 2.45) is 10.9 Å². The van der Waals surface area contributed by atoms with Gasteiger partial charge in [0.2, 0.25) is 0 Å². The number of aryl methyl sites for hydroxylation is 1. The van der Waals surface area contributed by atoms with E-state index >= 15 is 0 Å². The lowest BCUT2D eigenvalue weighted by atomic mass is 10.0. The lowest BCUT2D eigenvalue weighted by Gasteiger charge is -2.31. The molecule has 146 valence electrons. The monoisotopic (exact) mass is 363 g/mol. The zero-order valence-electron chi connectivity index (χ0n) is 16.4. The Balaban J connectivity index is 1.43. The molecule has 2 atom stereocenters. The standard InChI is InChI=1S/C18H33N7O/c1-14-5-4-9-24(11-14)10-8-20-18(19-2)21-15-6-7-17-22-16(13-26-3)23-25(17)12-15/h14-15H,4-13H2,1-3H3,(H2,19,20,21). The molecule has 0 aromatic carbocycles. The first-order valence-electron chi connectivity index (χ1n) is 9.79. The summed E-state index contributed by atoms with van der Waals surface area (Å²) in [7, 11) is 3.50. The van der Waals surface area contributed by atoms with Crippen LogP contribution in [0.1, 0.15) is 37.8 Å². The van der Waals surface area contributed by atoms with E-state index in [9.17, 15) is 0 Å². The van der Waals surface area contributed by atoms with Gasteiger partial charge in [0, 0.05) is 46.3 Å². The molecule has 0 amide bonds. The molecule has 2 N–H and O–H groups in total. The summed E-state index contributed by atoms with van der Waals surface area (Å²) < 4.78 is 7.13. The number of methoxy groups -OCH3 is 1. The Hall–Kier alpha value is -1.67. The number of nitrogens with one attached hydrogen (secondary N) is 2. The number of hydrogen-bond acceptors (Lipinski definition) is 5. The van der Waals surface area contributed by atoms with Crippen LogP contribution in [0, 0.1) is 5.92 Å².